The van der Waals surface area contributed by atoms with Crippen LogP contribution in [-0.4, -0.2) is 38.1 Å². The molecule has 0 spiro atoms. The molecule has 1 aromatic carbocycles. The van der Waals surface area contributed by atoms with Crippen molar-refractivity contribution >= 4 is 11.8 Å². The number of rotatable bonds is 5. The molecule has 6 heteroatoms. The lowest BCUT2D eigenvalue weighted by Gasteiger charge is -2.24. The van der Waals surface area contributed by atoms with Gasteiger partial charge in [-0.15, -0.1) is 0 Å². The lowest BCUT2D eigenvalue weighted by atomic mass is 9.78. The van der Waals surface area contributed by atoms with Gasteiger partial charge in [0.1, 0.15) is 5.41 Å². The second kappa shape index (κ2) is 6.55. The van der Waals surface area contributed by atoms with Crippen LogP contribution < -0.4 is 9.47 Å². The highest BCUT2D eigenvalue weighted by Gasteiger charge is 2.52. The Morgan fingerprint density at radius 2 is 1.76 bits per heavy atom. The highest BCUT2D eigenvalue weighted by Crippen LogP contribution is 2.44. The topological polar surface area (TPSA) is 74.7 Å². The Labute approximate surface area is 145 Å². The van der Waals surface area contributed by atoms with Gasteiger partial charge in [0.25, 0.3) is 0 Å². The van der Waals surface area contributed by atoms with Crippen molar-refractivity contribution in [1.82, 2.24) is 4.98 Å². The number of esters is 1. The predicted octanol–water partition coefficient (Wildman–Crippen LogP) is 2.24. The lowest BCUT2D eigenvalue weighted by molar-refractivity contribution is -0.149. The summed E-state index contributed by atoms with van der Waals surface area (Å²) in [6.07, 6.45) is 3.79. The first-order valence-electron chi connectivity index (χ1n) is 7.82. The standard InChI is InChI=1S/C19H19NO5/c1-23-15-8-13-11-19(18(22)25-3,10-12-4-6-20-7-5-12)17(21)14(13)9-16(15)24-2/h4-9H,10-11H2,1-3H3. The fourth-order valence-electron chi connectivity index (χ4n) is 3.37. The molecule has 0 saturated carbocycles. The first kappa shape index (κ1) is 17.0. The third-order valence-electron chi connectivity index (χ3n) is 4.61. The Balaban J connectivity index is 2.08. The maximum Gasteiger partial charge on any atom is 0.320 e. The van der Waals surface area contributed by atoms with E-state index in [2.05, 4.69) is 4.98 Å². The normalized spacial score (nSPS) is 18.6. The van der Waals surface area contributed by atoms with Gasteiger partial charge in [0, 0.05) is 18.0 Å². The van der Waals surface area contributed by atoms with Crippen LogP contribution in [-0.2, 0) is 22.4 Å². The van der Waals surface area contributed by atoms with Gasteiger partial charge in [-0.05, 0) is 48.2 Å². The molecule has 0 N–H and O–H groups in total. The number of ether oxygens (including phenoxy) is 3. The van der Waals surface area contributed by atoms with Crippen LogP contribution in [0.15, 0.2) is 36.7 Å². The van der Waals surface area contributed by atoms with Gasteiger partial charge in [-0.3, -0.25) is 14.6 Å². The molecule has 1 unspecified atom stereocenters. The summed E-state index contributed by atoms with van der Waals surface area (Å²) in [5.74, 6) is 0.188. The van der Waals surface area contributed by atoms with E-state index in [0.717, 1.165) is 11.1 Å². The SMILES string of the molecule is COC(=O)C1(Cc2ccncc2)Cc2cc(OC)c(OC)cc2C1=O. The first-order chi connectivity index (χ1) is 12.1. The Morgan fingerprint density at radius 3 is 2.36 bits per heavy atom. The molecule has 1 aliphatic carbocycles. The number of hydrogen-bond acceptors (Lipinski definition) is 6. The molecule has 1 aliphatic rings. The molecular formula is C19H19NO5. The van der Waals surface area contributed by atoms with E-state index in [1.54, 1.807) is 36.7 Å². The van der Waals surface area contributed by atoms with Crippen molar-refractivity contribution in [3.8, 4) is 11.5 Å². The van der Waals surface area contributed by atoms with Gasteiger partial charge in [0.2, 0.25) is 0 Å². The van der Waals surface area contributed by atoms with Gasteiger partial charge in [-0.1, -0.05) is 0 Å². The monoisotopic (exact) mass is 341 g/mol. The average molecular weight is 341 g/mol. The van der Waals surface area contributed by atoms with Crippen molar-refractivity contribution in [2.24, 2.45) is 5.41 Å². The smallest absolute Gasteiger partial charge is 0.320 e. The molecule has 1 heterocycles. The summed E-state index contributed by atoms with van der Waals surface area (Å²) < 4.78 is 15.6. The first-order valence-corrected chi connectivity index (χ1v) is 7.82. The van der Waals surface area contributed by atoms with Gasteiger partial charge < -0.3 is 14.2 Å². The summed E-state index contributed by atoms with van der Waals surface area (Å²) in [5, 5.41) is 0. The van der Waals surface area contributed by atoms with E-state index in [1.807, 2.05) is 0 Å². The molecule has 130 valence electrons. The van der Waals surface area contributed by atoms with Crippen LogP contribution >= 0.6 is 0 Å². The molecule has 0 fully saturated rings. The quantitative estimate of drug-likeness (QED) is 0.613. The van der Waals surface area contributed by atoms with Gasteiger partial charge in [0.15, 0.2) is 17.3 Å². The fraction of sp³-hybridized carbons (Fsp3) is 0.316. The summed E-state index contributed by atoms with van der Waals surface area (Å²) in [5.41, 5.74) is 0.787. The number of aromatic nitrogens is 1. The molecule has 1 aromatic heterocycles. The molecule has 2 aromatic rings. The number of hydrogen-bond donors (Lipinski definition) is 0. The third-order valence-corrected chi connectivity index (χ3v) is 4.61. The number of methoxy groups -OCH3 is 3. The van der Waals surface area contributed by atoms with Crippen LogP contribution in [0.25, 0.3) is 0 Å². The number of benzene rings is 1. The number of nitrogens with zero attached hydrogens (tertiary/aromatic N) is 1. The van der Waals surface area contributed by atoms with E-state index < -0.39 is 11.4 Å². The Morgan fingerprint density at radius 1 is 1.12 bits per heavy atom. The second-order valence-corrected chi connectivity index (χ2v) is 5.98. The molecule has 0 aliphatic heterocycles. The van der Waals surface area contributed by atoms with Crippen molar-refractivity contribution < 1.29 is 23.8 Å². The Hall–Kier alpha value is -2.89. The molecule has 1 atom stereocenters. The van der Waals surface area contributed by atoms with Crippen LogP contribution in [0.2, 0.25) is 0 Å². The highest BCUT2D eigenvalue weighted by atomic mass is 16.5. The molecule has 0 amide bonds. The van der Waals surface area contributed by atoms with Crippen LogP contribution in [0.4, 0.5) is 0 Å². The largest absolute Gasteiger partial charge is 0.493 e. The predicted molar refractivity (Wildman–Crippen MR) is 90.0 cm³/mol. The zero-order valence-electron chi connectivity index (χ0n) is 14.4. The van der Waals surface area contributed by atoms with Crippen molar-refractivity contribution in [3.05, 3.63) is 53.3 Å². The van der Waals surface area contributed by atoms with E-state index in [1.165, 1.54) is 21.3 Å². The molecule has 0 bridgehead atoms. The lowest BCUT2D eigenvalue weighted by Crippen LogP contribution is -2.40. The van der Waals surface area contributed by atoms with Gasteiger partial charge >= 0.3 is 5.97 Å². The Bertz CT molecular complexity index is 818. The van der Waals surface area contributed by atoms with E-state index in [4.69, 9.17) is 14.2 Å². The zero-order chi connectivity index (χ0) is 18.0. The van der Waals surface area contributed by atoms with Crippen molar-refractivity contribution in [2.45, 2.75) is 12.8 Å². The fourth-order valence-corrected chi connectivity index (χ4v) is 3.37. The molecule has 3 rings (SSSR count). The van der Waals surface area contributed by atoms with E-state index in [0.29, 0.717) is 17.1 Å². The summed E-state index contributed by atoms with van der Waals surface area (Å²) in [4.78, 5) is 29.8. The number of Topliss-reactive ketones (excluding diaryl/α,β-unsaturated/α-hetero) is 1. The van der Waals surface area contributed by atoms with Gasteiger partial charge in [-0.25, -0.2) is 0 Å². The number of pyridine rings is 1. The molecular weight excluding hydrogens is 322 g/mol. The summed E-state index contributed by atoms with van der Waals surface area (Å²) >= 11 is 0. The van der Waals surface area contributed by atoms with Crippen LogP contribution in [0.5, 0.6) is 11.5 Å². The average Bonchev–Trinajstić information content (AvgIpc) is 2.92. The van der Waals surface area contributed by atoms with Crippen molar-refractivity contribution in [1.29, 1.82) is 0 Å². The van der Waals surface area contributed by atoms with Gasteiger partial charge in [-0.2, -0.15) is 0 Å². The summed E-state index contributed by atoms with van der Waals surface area (Å²) in [7, 11) is 4.34. The number of ketones is 1. The number of carbonyl (C=O) groups excluding carboxylic acids is 2. The second-order valence-electron chi connectivity index (χ2n) is 5.98. The highest BCUT2D eigenvalue weighted by molar-refractivity contribution is 6.16. The number of carbonyl (C=O) groups is 2. The Kier molecular flexibility index (Phi) is 4.44. The molecule has 6 nitrogen and oxygen atoms in total. The van der Waals surface area contributed by atoms with Gasteiger partial charge in [0.05, 0.1) is 21.3 Å². The molecule has 0 radical (unpaired) electrons. The maximum absolute atomic E-state index is 13.2. The van der Waals surface area contributed by atoms with Crippen LogP contribution in [0.3, 0.4) is 0 Å². The minimum absolute atomic E-state index is 0.250. The van der Waals surface area contributed by atoms with Crippen LogP contribution in [0, 0.1) is 5.41 Å². The van der Waals surface area contributed by atoms with E-state index in [-0.39, 0.29) is 18.6 Å². The minimum atomic E-state index is -1.28. The molecule has 25 heavy (non-hydrogen) atoms. The third kappa shape index (κ3) is 2.73. The van der Waals surface area contributed by atoms with Crippen molar-refractivity contribution in [3.63, 3.8) is 0 Å². The van der Waals surface area contributed by atoms with E-state index in [9.17, 15) is 9.59 Å². The maximum atomic E-state index is 13.2. The molecule has 0 saturated heterocycles. The van der Waals surface area contributed by atoms with Crippen molar-refractivity contribution in [2.75, 3.05) is 21.3 Å². The summed E-state index contributed by atoms with van der Waals surface area (Å²) in [6, 6.07) is 6.97. The minimum Gasteiger partial charge on any atom is -0.493 e. The van der Waals surface area contributed by atoms with Crippen LogP contribution in [0.1, 0.15) is 21.5 Å². The number of fused-ring (bicyclic) bond motifs is 1. The zero-order valence-corrected chi connectivity index (χ0v) is 14.4. The van der Waals surface area contributed by atoms with E-state index >= 15 is 0 Å². The summed E-state index contributed by atoms with van der Waals surface area (Å²) in [6.45, 7) is 0.